The van der Waals surface area contributed by atoms with Crippen molar-refractivity contribution in [1.82, 2.24) is 14.8 Å². The summed E-state index contributed by atoms with van der Waals surface area (Å²) in [6.45, 7) is 15.8. The van der Waals surface area contributed by atoms with Crippen LogP contribution in [0.15, 0.2) is 49.2 Å². The number of carbonyl (C=O) groups excluding carboxylic acids is 2. The molecular weight excluding hydrogens is 398 g/mol. The van der Waals surface area contributed by atoms with Gasteiger partial charge in [0.1, 0.15) is 6.54 Å². The molecule has 32 heavy (non-hydrogen) atoms. The topological polar surface area (TPSA) is 53.5 Å². The molecule has 1 aliphatic heterocycles. The lowest BCUT2D eigenvalue weighted by atomic mass is 9.67. The molecule has 0 bridgehead atoms. The Kier molecular flexibility index (Phi) is 5.11. The quantitative estimate of drug-likeness (QED) is 0.509. The fourth-order valence-corrected chi connectivity index (χ4v) is 4.54. The molecule has 0 N–H and O–H groups in total. The zero-order valence-corrected chi connectivity index (χ0v) is 19.8. The summed E-state index contributed by atoms with van der Waals surface area (Å²) in [6.07, 6.45) is 6.32. The first-order valence-corrected chi connectivity index (χ1v) is 11.0. The maximum absolute atomic E-state index is 12.1. The van der Waals surface area contributed by atoms with Gasteiger partial charge in [-0.1, -0.05) is 58.6 Å². The highest BCUT2D eigenvalue weighted by molar-refractivity contribution is 6.01. The zero-order valence-electron chi connectivity index (χ0n) is 19.8. The number of imide groups is 1. The van der Waals surface area contributed by atoms with Crippen molar-refractivity contribution in [1.29, 1.82) is 0 Å². The molecule has 2 aliphatic rings. The van der Waals surface area contributed by atoms with Crippen molar-refractivity contribution < 1.29 is 9.59 Å². The Hall–Kier alpha value is -3.21. The smallest absolute Gasteiger partial charge is 0.318 e. The van der Waals surface area contributed by atoms with Crippen molar-refractivity contribution in [3.8, 4) is 0 Å². The molecule has 0 radical (unpaired) electrons. The molecule has 5 nitrogen and oxygen atoms in total. The number of fused-ring (bicyclic) bond motifs is 1. The van der Waals surface area contributed by atoms with E-state index >= 15 is 0 Å². The molecule has 0 spiro atoms. The van der Waals surface area contributed by atoms with E-state index in [2.05, 4.69) is 70.5 Å². The highest BCUT2D eigenvalue weighted by Gasteiger charge is 2.34. The van der Waals surface area contributed by atoms with Crippen LogP contribution in [-0.2, 0) is 22.2 Å². The van der Waals surface area contributed by atoms with E-state index in [1.807, 2.05) is 12.1 Å². The number of hydrogen-bond acceptors (Lipinski definition) is 3. The standard InChI is InChI=1S/C27H31N3O2/c1-17-12-21-22(27(5,6)11-10-26(21,3)4)13-20(17)18(2)23-9-8-19(14-28-23)15-30-24(31)16-29(7)25(30)32/h8-14H,2,15-16H2,1,3-7H3. The normalized spacial score (nSPS) is 18.8. The first-order chi connectivity index (χ1) is 14.9. The number of aromatic nitrogens is 1. The second-order valence-electron chi connectivity index (χ2n) is 10.1. The van der Waals surface area contributed by atoms with Crippen molar-refractivity contribution in [2.24, 2.45) is 0 Å². The summed E-state index contributed by atoms with van der Waals surface area (Å²) in [5.41, 5.74) is 7.36. The Morgan fingerprint density at radius 2 is 1.69 bits per heavy atom. The van der Waals surface area contributed by atoms with E-state index in [1.54, 1.807) is 13.2 Å². The number of nitrogens with zero attached hydrogens (tertiary/aromatic N) is 3. The SMILES string of the molecule is C=C(c1ccc(CN2C(=O)CN(C)C2=O)cn1)c1cc2c(cc1C)C(C)(C)C=CC2(C)C. The van der Waals surface area contributed by atoms with Crippen molar-refractivity contribution in [3.05, 3.63) is 82.7 Å². The van der Waals surface area contributed by atoms with Gasteiger partial charge in [0.15, 0.2) is 0 Å². The highest BCUT2D eigenvalue weighted by atomic mass is 16.2. The fraction of sp³-hybridized carbons (Fsp3) is 0.370. The maximum atomic E-state index is 12.1. The molecule has 2 heterocycles. The molecule has 4 rings (SSSR count). The number of aryl methyl sites for hydroxylation is 1. The van der Waals surface area contributed by atoms with Crippen molar-refractivity contribution in [2.75, 3.05) is 13.6 Å². The minimum atomic E-state index is -0.271. The van der Waals surface area contributed by atoms with Gasteiger partial charge in [0.25, 0.3) is 5.91 Å². The predicted octanol–water partition coefficient (Wildman–Crippen LogP) is 4.97. The van der Waals surface area contributed by atoms with E-state index in [-0.39, 0.29) is 35.9 Å². The summed E-state index contributed by atoms with van der Waals surface area (Å²) in [7, 11) is 1.63. The Balaban J connectivity index is 1.62. The summed E-state index contributed by atoms with van der Waals surface area (Å²) in [4.78, 5) is 31.4. The molecule has 1 aliphatic carbocycles. The van der Waals surface area contributed by atoms with E-state index < -0.39 is 0 Å². The molecule has 0 atom stereocenters. The van der Waals surface area contributed by atoms with Gasteiger partial charge < -0.3 is 4.90 Å². The Bertz CT molecular complexity index is 1160. The van der Waals surface area contributed by atoms with Gasteiger partial charge in [0, 0.05) is 29.6 Å². The number of pyridine rings is 1. The molecular formula is C27H31N3O2. The van der Waals surface area contributed by atoms with Gasteiger partial charge in [-0.2, -0.15) is 0 Å². The summed E-state index contributed by atoms with van der Waals surface area (Å²) < 4.78 is 0. The van der Waals surface area contributed by atoms with E-state index in [1.165, 1.54) is 26.5 Å². The van der Waals surface area contributed by atoms with Gasteiger partial charge in [0.05, 0.1) is 12.2 Å². The largest absolute Gasteiger partial charge is 0.327 e. The van der Waals surface area contributed by atoms with E-state index in [4.69, 9.17) is 0 Å². The zero-order chi connectivity index (χ0) is 23.4. The number of benzene rings is 1. The molecule has 1 fully saturated rings. The number of allylic oxidation sites excluding steroid dienone is 2. The molecule has 3 amide bonds. The van der Waals surface area contributed by atoms with E-state index in [0.717, 1.165) is 22.4 Å². The van der Waals surface area contributed by atoms with Crippen LogP contribution in [0.3, 0.4) is 0 Å². The van der Waals surface area contributed by atoms with Gasteiger partial charge in [-0.25, -0.2) is 4.79 Å². The van der Waals surface area contributed by atoms with Crippen LogP contribution in [0.25, 0.3) is 5.57 Å². The minimum Gasteiger partial charge on any atom is -0.318 e. The fourth-order valence-electron chi connectivity index (χ4n) is 4.54. The van der Waals surface area contributed by atoms with Crippen LogP contribution in [0.1, 0.15) is 61.2 Å². The summed E-state index contributed by atoms with van der Waals surface area (Å²) in [5.74, 6) is -0.185. The van der Waals surface area contributed by atoms with Gasteiger partial charge in [-0.15, -0.1) is 0 Å². The average molecular weight is 430 g/mol. The number of carbonyl (C=O) groups is 2. The molecule has 1 aromatic heterocycles. The second-order valence-corrected chi connectivity index (χ2v) is 10.1. The average Bonchev–Trinajstić information content (AvgIpc) is 2.97. The van der Waals surface area contributed by atoms with Crippen LogP contribution in [0.5, 0.6) is 0 Å². The molecule has 166 valence electrons. The highest BCUT2D eigenvalue weighted by Crippen LogP contribution is 2.43. The van der Waals surface area contributed by atoms with E-state index in [9.17, 15) is 9.59 Å². The maximum Gasteiger partial charge on any atom is 0.327 e. The minimum absolute atomic E-state index is 0.00607. The third-order valence-corrected chi connectivity index (χ3v) is 6.70. The number of rotatable bonds is 4. The van der Waals surface area contributed by atoms with Gasteiger partial charge in [-0.3, -0.25) is 14.7 Å². The molecule has 2 aromatic rings. The lowest BCUT2D eigenvalue weighted by molar-refractivity contribution is -0.125. The van der Waals surface area contributed by atoms with Crippen LogP contribution in [0.2, 0.25) is 0 Å². The second kappa shape index (κ2) is 7.44. The monoisotopic (exact) mass is 429 g/mol. The van der Waals surface area contributed by atoms with Crippen molar-refractivity contribution in [2.45, 2.75) is 52.0 Å². The third-order valence-electron chi connectivity index (χ3n) is 6.70. The Morgan fingerprint density at radius 1 is 1.06 bits per heavy atom. The van der Waals surface area contributed by atoms with Crippen molar-refractivity contribution in [3.63, 3.8) is 0 Å². The first kappa shape index (κ1) is 22.0. The molecule has 1 aromatic carbocycles. The van der Waals surface area contributed by atoms with Gasteiger partial charge in [0.2, 0.25) is 0 Å². The lowest BCUT2D eigenvalue weighted by Crippen LogP contribution is -2.31. The van der Waals surface area contributed by atoms with Crippen LogP contribution >= 0.6 is 0 Å². The van der Waals surface area contributed by atoms with Crippen molar-refractivity contribution >= 4 is 17.5 Å². The molecule has 0 unspecified atom stereocenters. The summed E-state index contributed by atoms with van der Waals surface area (Å²) in [6, 6.07) is 8.12. The number of amides is 3. The Labute approximate surface area is 190 Å². The summed E-state index contributed by atoms with van der Waals surface area (Å²) in [5, 5.41) is 0. The molecule has 5 heteroatoms. The third kappa shape index (κ3) is 3.66. The Morgan fingerprint density at radius 3 is 2.22 bits per heavy atom. The van der Waals surface area contributed by atoms with Gasteiger partial charge >= 0.3 is 6.03 Å². The van der Waals surface area contributed by atoms with Crippen LogP contribution in [0.4, 0.5) is 4.79 Å². The van der Waals surface area contributed by atoms with Gasteiger partial charge in [-0.05, 0) is 46.9 Å². The van der Waals surface area contributed by atoms with E-state index in [0.29, 0.717) is 0 Å². The lowest BCUT2D eigenvalue weighted by Gasteiger charge is -2.37. The van der Waals surface area contributed by atoms with Crippen LogP contribution < -0.4 is 0 Å². The molecule has 0 saturated carbocycles. The first-order valence-electron chi connectivity index (χ1n) is 11.0. The predicted molar refractivity (Wildman–Crippen MR) is 127 cm³/mol. The number of hydrogen-bond donors (Lipinski definition) is 0. The summed E-state index contributed by atoms with van der Waals surface area (Å²) >= 11 is 0. The van der Waals surface area contributed by atoms with Crippen LogP contribution in [0, 0.1) is 6.92 Å². The number of urea groups is 1. The number of likely N-dealkylation sites (N-methyl/N-ethyl adjacent to an activating group) is 1. The van der Waals surface area contributed by atoms with Crippen LogP contribution in [-0.4, -0.2) is 40.3 Å². The molecule has 1 saturated heterocycles.